The van der Waals surface area contributed by atoms with Gasteiger partial charge in [-0.25, -0.2) is 8.42 Å². The molecule has 0 aliphatic carbocycles. The number of carbonyl (C=O) groups excluding carboxylic acids is 1. The number of guanidine groups is 1. The van der Waals surface area contributed by atoms with Gasteiger partial charge in [-0.15, -0.1) is 16.8 Å². The first kappa shape index (κ1) is 21.2. The second-order valence-electron chi connectivity index (χ2n) is 4.87. The molecule has 1 rings (SSSR count). The van der Waals surface area contributed by atoms with Gasteiger partial charge in [0.2, 0.25) is 5.96 Å². The van der Waals surface area contributed by atoms with Crippen molar-refractivity contribution in [2.24, 2.45) is 10.1 Å². The van der Waals surface area contributed by atoms with Crippen molar-refractivity contribution >= 4 is 40.0 Å². The van der Waals surface area contributed by atoms with Crippen molar-refractivity contribution in [2.75, 3.05) is 18.1 Å². The van der Waals surface area contributed by atoms with Crippen LogP contribution in [-0.2, 0) is 10.0 Å². The minimum Gasteiger partial charge on any atom is -0.385 e. The standard InChI is InChI=1S/C14H22N4O3S.ClH/c1-3-4-5-10-16-12-8-6-11(7-9-12)13(19)17-14(15)18-22(2,20)21;/h6-9,16H,3-5,10H2,1-2H3,(H3,15,17,18,19);1H. The molecule has 0 radical (unpaired) electrons. The first-order valence-electron chi connectivity index (χ1n) is 7.02. The molecule has 0 aliphatic rings. The lowest BCUT2D eigenvalue weighted by atomic mass is 10.2. The zero-order valence-corrected chi connectivity index (χ0v) is 14.8. The molecule has 0 fully saturated rings. The van der Waals surface area contributed by atoms with Gasteiger partial charge in [0.1, 0.15) is 0 Å². The van der Waals surface area contributed by atoms with Gasteiger partial charge >= 0.3 is 0 Å². The van der Waals surface area contributed by atoms with E-state index in [9.17, 15) is 13.2 Å². The summed E-state index contributed by atoms with van der Waals surface area (Å²) in [5.41, 5.74) is 6.64. The highest BCUT2D eigenvalue weighted by Crippen LogP contribution is 2.10. The number of sulfonamides is 1. The van der Waals surface area contributed by atoms with Crippen LogP contribution in [0.25, 0.3) is 0 Å². The number of hydrogen-bond acceptors (Lipinski definition) is 4. The number of amides is 1. The molecule has 0 aliphatic heterocycles. The maximum atomic E-state index is 11.9. The number of unbranched alkanes of at least 4 members (excludes halogenated alkanes) is 2. The van der Waals surface area contributed by atoms with Crippen molar-refractivity contribution in [1.82, 2.24) is 5.32 Å². The predicted molar refractivity (Wildman–Crippen MR) is 95.6 cm³/mol. The van der Waals surface area contributed by atoms with Gasteiger partial charge in [0.05, 0.1) is 6.26 Å². The van der Waals surface area contributed by atoms with E-state index in [0.29, 0.717) is 5.56 Å². The van der Waals surface area contributed by atoms with Crippen molar-refractivity contribution in [3.8, 4) is 0 Å². The largest absolute Gasteiger partial charge is 0.385 e. The summed E-state index contributed by atoms with van der Waals surface area (Å²) >= 11 is 0. The van der Waals surface area contributed by atoms with Crippen LogP contribution in [0, 0.1) is 0 Å². The van der Waals surface area contributed by atoms with Crippen LogP contribution in [0.15, 0.2) is 28.7 Å². The van der Waals surface area contributed by atoms with Crippen molar-refractivity contribution in [2.45, 2.75) is 26.2 Å². The summed E-state index contributed by atoms with van der Waals surface area (Å²) in [6, 6.07) is 6.83. The third-order valence-electron chi connectivity index (χ3n) is 2.76. The number of nitrogens with two attached hydrogens (primary N) is 1. The summed E-state index contributed by atoms with van der Waals surface area (Å²) in [5, 5.41) is 5.48. The number of nitrogens with one attached hydrogen (secondary N) is 2. The molecule has 1 amide bonds. The lowest BCUT2D eigenvalue weighted by molar-refractivity contribution is 0.0977. The summed E-state index contributed by atoms with van der Waals surface area (Å²) in [4.78, 5) is 11.9. The van der Waals surface area contributed by atoms with Gasteiger partial charge in [0, 0.05) is 17.8 Å². The number of hydrogen-bond donors (Lipinski definition) is 3. The lowest BCUT2D eigenvalue weighted by Gasteiger charge is -2.07. The van der Waals surface area contributed by atoms with E-state index in [1.165, 1.54) is 6.42 Å². The summed E-state index contributed by atoms with van der Waals surface area (Å²) < 4.78 is 25.0. The summed E-state index contributed by atoms with van der Waals surface area (Å²) in [6.07, 6.45) is 4.33. The van der Waals surface area contributed by atoms with Crippen LogP contribution < -0.4 is 16.4 Å². The Kier molecular flexibility index (Phi) is 9.28. The van der Waals surface area contributed by atoms with Gasteiger partial charge in [-0.1, -0.05) is 19.8 Å². The second-order valence-corrected chi connectivity index (χ2v) is 6.52. The first-order valence-corrected chi connectivity index (χ1v) is 8.87. The Hall–Kier alpha value is -1.80. The average molecular weight is 363 g/mol. The topological polar surface area (TPSA) is 114 Å². The third-order valence-corrected chi connectivity index (χ3v) is 3.29. The maximum absolute atomic E-state index is 11.9. The van der Waals surface area contributed by atoms with Crippen molar-refractivity contribution in [3.05, 3.63) is 29.8 Å². The van der Waals surface area contributed by atoms with E-state index in [1.54, 1.807) is 24.3 Å². The molecule has 0 atom stereocenters. The molecule has 7 nitrogen and oxygen atoms in total. The minimum atomic E-state index is -3.63. The highest BCUT2D eigenvalue weighted by atomic mass is 35.5. The molecule has 0 spiro atoms. The number of benzene rings is 1. The van der Waals surface area contributed by atoms with E-state index >= 15 is 0 Å². The van der Waals surface area contributed by atoms with Gasteiger partial charge in [-0.3, -0.25) is 10.1 Å². The number of anilines is 1. The Morgan fingerprint density at radius 2 is 1.83 bits per heavy atom. The number of rotatable bonds is 7. The SMILES string of the molecule is CCCCCNc1ccc(C(=O)N/C(N)=N\S(C)(=O)=O)cc1.Cl. The smallest absolute Gasteiger partial charge is 0.257 e. The fourth-order valence-corrected chi connectivity index (χ4v) is 2.14. The fourth-order valence-electron chi connectivity index (χ4n) is 1.74. The molecular weight excluding hydrogens is 340 g/mol. The highest BCUT2D eigenvalue weighted by Gasteiger charge is 2.08. The minimum absolute atomic E-state index is 0. The Morgan fingerprint density at radius 3 is 2.35 bits per heavy atom. The van der Waals surface area contributed by atoms with Gasteiger partial charge in [-0.05, 0) is 30.7 Å². The van der Waals surface area contributed by atoms with Crippen molar-refractivity contribution in [1.29, 1.82) is 0 Å². The van der Waals surface area contributed by atoms with Gasteiger partial charge in [0.25, 0.3) is 15.9 Å². The van der Waals surface area contributed by atoms with Crippen LogP contribution in [0.1, 0.15) is 36.5 Å². The highest BCUT2D eigenvalue weighted by molar-refractivity contribution is 7.89. The zero-order chi connectivity index (χ0) is 16.6. The Morgan fingerprint density at radius 1 is 1.22 bits per heavy atom. The van der Waals surface area contributed by atoms with Crippen LogP contribution in [0.3, 0.4) is 0 Å². The average Bonchev–Trinajstić information content (AvgIpc) is 2.42. The van der Waals surface area contributed by atoms with Crippen LogP contribution in [0.4, 0.5) is 5.69 Å². The monoisotopic (exact) mass is 362 g/mol. The van der Waals surface area contributed by atoms with Gasteiger partial charge in [-0.2, -0.15) is 0 Å². The van der Waals surface area contributed by atoms with Crippen LogP contribution in [-0.4, -0.2) is 33.1 Å². The Balaban J connectivity index is 0.00000484. The molecule has 0 bridgehead atoms. The molecule has 0 unspecified atom stereocenters. The van der Waals surface area contributed by atoms with E-state index in [1.807, 2.05) is 0 Å². The number of nitrogens with zero attached hydrogens (tertiary/aromatic N) is 1. The third kappa shape index (κ3) is 9.04. The van der Waals surface area contributed by atoms with E-state index in [0.717, 1.165) is 31.3 Å². The normalized spacial score (nSPS) is 11.5. The Labute approximate surface area is 143 Å². The van der Waals surface area contributed by atoms with Crippen molar-refractivity contribution in [3.63, 3.8) is 0 Å². The second kappa shape index (κ2) is 10.1. The molecule has 4 N–H and O–H groups in total. The molecule has 0 heterocycles. The first-order chi connectivity index (χ1) is 10.3. The van der Waals surface area contributed by atoms with Gasteiger partial charge < -0.3 is 11.1 Å². The fraction of sp³-hybridized carbons (Fsp3) is 0.429. The predicted octanol–water partition coefficient (Wildman–Crippen LogP) is 1.71. The Bertz CT molecular complexity index is 630. The summed E-state index contributed by atoms with van der Waals surface area (Å²) in [7, 11) is -3.63. The number of carbonyl (C=O) groups is 1. The molecule has 9 heteroatoms. The lowest BCUT2D eigenvalue weighted by Crippen LogP contribution is -2.37. The molecule has 0 saturated carbocycles. The van der Waals surface area contributed by atoms with E-state index in [2.05, 4.69) is 22.0 Å². The van der Waals surface area contributed by atoms with Crippen LogP contribution in [0.2, 0.25) is 0 Å². The van der Waals surface area contributed by atoms with Crippen molar-refractivity contribution < 1.29 is 13.2 Å². The van der Waals surface area contributed by atoms with E-state index in [4.69, 9.17) is 5.73 Å². The van der Waals surface area contributed by atoms with Crippen LogP contribution in [0.5, 0.6) is 0 Å². The molecule has 0 aromatic heterocycles. The summed E-state index contributed by atoms with van der Waals surface area (Å²) in [5.74, 6) is -0.961. The maximum Gasteiger partial charge on any atom is 0.257 e. The quantitative estimate of drug-likeness (QED) is 0.388. The number of halogens is 1. The van der Waals surface area contributed by atoms with Crippen LogP contribution >= 0.6 is 12.4 Å². The molecule has 130 valence electrons. The zero-order valence-electron chi connectivity index (χ0n) is 13.2. The molecule has 23 heavy (non-hydrogen) atoms. The molecule has 1 aromatic carbocycles. The molecule has 0 saturated heterocycles. The van der Waals surface area contributed by atoms with E-state index in [-0.39, 0.29) is 12.4 Å². The van der Waals surface area contributed by atoms with E-state index < -0.39 is 21.9 Å². The molecular formula is C14H23ClN4O3S. The molecule has 1 aromatic rings. The summed E-state index contributed by atoms with van der Waals surface area (Å²) in [6.45, 7) is 3.03. The van der Waals surface area contributed by atoms with Gasteiger partial charge in [0.15, 0.2) is 0 Å².